The predicted molar refractivity (Wildman–Crippen MR) is 78.4 cm³/mol. The number of ether oxygens (including phenoxy) is 1. The third-order valence-electron chi connectivity index (χ3n) is 4.13. The van der Waals surface area contributed by atoms with Crippen LogP contribution in [0.4, 0.5) is 0 Å². The van der Waals surface area contributed by atoms with E-state index in [4.69, 9.17) is 4.74 Å². The summed E-state index contributed by atoms with van der Waals surface area (Å²) in [6.45, 7) is 2.39. The van der Waals surface area contributed by atoms with Gasteiger partial charge in [0.15, 0.2) is 0 Å². The Morgan fingerprint density at radius 2 is 1.90 bits per heavy atom. The van der Waals surface area contributed by atoms with E-state index in [-0.39, 0.29) is 12.1 Å². The summed E-state index contributed by atoms with van der Waals surface area (Å²) in [5.41, 5.74) is 2.09. The highest BCUT2D eigenvalue weighted by Crippen LogP contribution is 2.26. The lowest BCUT2D eigenvalue weighted by Gasteiger charge is -2.28. The Morgan fingerprint density at radius 1 is 1.15 bits per heavy atom. The normalized spacial score (nSPS) is 22.5. The van der Waals surface area contributed by atoms with Crippen LogP contribution < -0.4 is 0 Å². The molecule has 0 N–H and O–H groups in total. The zero-order valence-corrected chi connectivity index (χ0v) is 11.8. The Labute approximate surface area is 120 Å². The lowest BCUT2D eigenvalue weighted by molar-refractivity contribution is 0.0271. The fraction of sp³-hybridized carbons (Fsp3) is 0.471. The fourth-order valence-electron chi connectivity index (χ4n) is 2.99. The molecule has 20 heavy (non-hydrogen) atoms. The van der Waals surface area contributed by atoms with Gasteiger partial charge in [-0.05, 0) is 37.8 Å². The molecular formula is C17H21NO2. The molecule has 1 fully saturated rings. The highest BCUT2D eigenvalue weighted by molar-refractivity contribution is 5.89. The summed E-state index contributed by atoms with van der Waals surface area (Å²) in [6, 6.07) is 9.24. The van der Waals surface area contributed by atoms with Gasteiger partial charge < -0.3 is 9.64 Å². The maximum atomic E-state index is 12.0. The molecule has 0 bridgehead atoms. The average molecular weight is 271 g/mol. The molecule has 1 aromatic rings. The number of benzene rings is 1. The average Bonchev–Trinajstić information content (AvgIpc) is 3.03. The summed E-state index contributed by atoms with van der Waals surface area (Å²) < 4.78 is 5.59. The van der Waals surface area contributed by atoms with Gasteiger partial charge in [-0.1, -0.05) is 24.3 Å². The van der Waals surface area contributed by atoms with Crippen LogP contribution >= 0.6 is 0 Å². The topological polar surface area (TPSA) is 29.5 Å². The molecule has 1 aliphatic carbocycles. The van der Waals surface area contributed by atoms with Gasteiger partial charge in [0.05, 0.1) is 5.56 Å². The molecule has 1 heterocycles. The van der Waals surface area contributed by atoms with E-state index in [0.717, 1.165) is 19.3 Å². The van der Waals surface area contributed by atoms with Crippen molar-refractivity contribution in [3.05, 3.63) is 47.7 Å². The minimum Gasteiger partial charge on any atom is -0.458 e. The van der Waals surface area contributed by atoms with Crippen molar-refractivity contribution >= 4 is 5.97 Å². The maximum Gasteiger partial charge on any atom is 0.338 e. The van der Waals surface area contributed by atoms with Crippen LogP contribution in [0.5, 0.6) is 0 Å². The molecule has 0 amide bonds. The predicted octanol–water partition coefficient (Wildman–Crippen LogP) is 3.38. The van der Waals surface area contributed by atoms with Crippen LogP contribution in [0.25, 0.3) is 0 Å². The van der Waals surface area contributed by atoms with Gasteiger partial charge in [-0.25, -0.2) is 4.79 Å². The van der Waals surface area contributed by atoms with Crippen molar-refractivity contribution in [1.29, 1.82) is 0 Å². The Kier molecular flexibility index (Phi) is 4.05. The number of carbonyl (C=O) groups excluding carboxylic acids is 1. The molecule has 0 spiro atoms. The van der Waals surface area contributed by atoms with Crippen molar-refractivity contribution in [2.75, 3.05) is 13.1 Å². The molecule has 0 saturated carbocycles. The van der Waals surface area contributed by atoms with Crippen molar-refractivity contribution in [1.82, 2.24) is 4.90 Å². The van der Waals surface area contributed by atoms with Gasteiger partial charge in [-0.3, -0.25) is 0 Å². The lowest BCUT2D eigenvalue weighted by Crippen LogP contribution is -2.26. The van der Waals surface area contributed by atoms with E-state index in [1.165, 1.54) is 31.6 Å². The molecular weight excluding hydrogens is 250 g/mol. The Bertz CT molecular complexity index is 489. The molecule has 1 aliphatic heterocycles. The molecule has 1 saturated heterocycles. The smallest absolute Gasteiger partial charge is 0.338 e. The van der Waals surface area contributed by atoms with Crippen LogP contribution in [-0.2, 0) is 4.74 Å². The van der Waals surface area contributed by atoms with Gasteiger partial charge in [-0.15, -0.1) is 0 Å². The quantitative estimate of drug-likeness (QED) is 0.789. The van der Waals surface area contributed by atoms with E-state index in [1.54, 1.807) is 12.1 Å². The van der Waals surface area contributed by atoms with Gasteiger partial charge >= 0.3 is 5.97 Å². The van der Waals surface area contributed by atoms with Gasteiger partial charge in [0.25, 0.3) is 0 Å². The number of rotatable bonds is 3. The first kappa shape index (κ1) is 13.2. The van der Waals surface area contributed by atoms with Crippen molar-refractivity contribution in [3.63, 3.8) is 0 Å². The zero-order valence-electron chi connectivity index (χ0n) is 11.8. The molecule has 2 aliphatic rings. The van der Waals surface area contributed by atoms with Crippen LogP contribution in [0.15, 0.2) is 42.1 Å². The SMILES string of the molecule is O=C(OC1CC=C(N2CCCC2)CC1)c1ccccc1. The van der Waals surface area contributed by atoms with E-state index in [1.807, 2.05) is 18.2 Å². The largest absolute Gasteiger partial charge is 0.458 e. The summed E-state index contributed by atoms with van der Waals surface area (Å²) in [4.78, 5) is 14.5. The number of allylic oxidation sites excluding steroid dienone is 1. The number of hydrogen-bond acceptors (Lipinski definition) is 3. The Morgan fingerprint density at radius 3 is 2.55 bits per heavy atom. The van der Waals surface area contributed by atoms with Crippen molar-refractivity contribution in [2.24, 2.45) is 0 Å². The summed E-state index contributed by atoms with van der Waals surface area (Å²) in [5.74, 6) is -0.200. The Balaban J connectivity index is 1.54. The van der Waals surface area contributed by atoms with Crippen LogP contribution in [-0.4, -0.2) is 30.1 Å². The van der Waals surface area contributed by atoms with E-state index in [9.17, 15) is 4.79 Å². The van der Waals surface area contributed by atoms with Crippen molar-refractivity contribution in [3.8, 4) is 0 Å². The van der Waals surface area contributed by atoms with Gasteiger partial charge in [-0.2, -0.15) is 0 Å². The minimum absolute atomic E-state index is 0.0362. The minimum atomic E-state index is -0.200. The van der Waals surface area contributed by atoms with E-state index < -0.39 is 0 Å². The van der Waals surface area contributed by atoms with Crippen LogP contribution in [0.3, 0.4) is 0 Å². The number of nitrogens with zero attached hydrogens (tertiary/aromatic N) is 1. The monoisotopic (exact) mass is 271 g/mol. The first-order valence-corrected chi connectivity index (χ1v) is 7.53. The molecule has 3 heteroatoms. The van der Waals surface area contributed by atoms with Crippen molar-refractivity contribution in [2.45, 2.75) is 38.2 Å². The standard InChI is InChI=1S/C17H21NO2/c19-17(14-6-2-1-3-7-14)20-16-10-8-15(9-11-16)18-12-4-5-13-18/h1-3,6-8,16H,4-5,9-13H2. The highest BCUT2D eigenvalue weighted by Gasteiger charge is 2.23. The molecule has 3 rings (SSSR count). The van der Waals surface area contributed by atoms with Crippen molar-refractivity contribution < 1.29 is 9.53 Å². The second kappa shape index (κ2) is 6.12. The summed E-state index contributed by atoms with van der Waals surface area (Å²) in [7, 11) is 0. The van der Waals surface area contributed by atoms with Gasteiger partial charge in [0.2, 0.25) is 0 Å². The second-order valence-electron chi connectivity index (χ2n) is 5.56. The molecule has 3 nitrogen and oxygen atoms in total. The first-order valence-electron chi connectivity index (χ1n) is 7.53. The molecule has 1 unspecified atom stereocenters. The number of likely N-dealkylation sites (tertiary alicyclic amines) is 1. The van der Waals surface area contributed by atoms with Crippen LogP contribution in [0, 0.1) is 0 Å². The number of esters is 1. The highest BCUT2D eigenvalue weighted by atomic mass is 16.5. The first-order chi connectivity index (χ1) is 9.83. The molecule has 1 atom stereocenters. The second-order valence-corrected chi connectivity index (χ2v) is 5.56. The summed E-state index contributed by atoms with van der Waals surface area (Å²) >= 11 is 0. The van der Waals surface area contributed by atoms with E-state index in [0.29, 0.717) is 5.56 Å². The molecule has 0 radical (unpaired) electrons. The summed E-state index contributed by atoms with van der Waals surface area (Å²) in [6.07, 6.45) is 7.75. The third kappa shape index (κ3) is 3.03. The maximum absolute atomic E-state index is 12.0. The van der Waals surface area contributed by atoms with Gasteiger partial charge in [0.1, 0.15) is 6.10 Å². The van der Waals surface area contributed by atoms with Gasteiger partial charge in [0, 0.05) is 25.2 Å². The van der Waals surface area contributed by atoms with E-state index in [2.05, 4.69) is 11.0 Å². The fourth-order valence-corrected chi connectivity index (χ4v) is 2.99. The number of carbonyl (C=O) groups is 1. The molecule has 0 aromatic heterocycles. The third-order valence-corrected chi connectivity index (χ3v) is 4.13. The summed E-state index contributed by atoms with van der Waals surface area (Å²) in [5, 5.41) is 0. The number of hydrogen-bond donors (Lipinski definition) is 0. The molecule has 1 aromatic carbocycles. The Hall–Kier alpha value is -1.77. The van der Waals surface area contributed by atoms with Crippen LogP contribution in [0.2, 0.25) is 0 Å². The lowest BCUT2D eigenvalue weighted by atomic mass is 10.0. The zero-order chi connectivity index (χ0) is 13.8. The van der Waals surface area contributed by atoms with E-state index >= 15 is 0 Å². The van der Waals surface area contributed by atoms with Crippen LogP contribution in [0.1, 0.15) is 42.5 Å². The molecule has 106 valence electrons.